The van der Waals surface area contributed by atoms with Crippen LogP contribution >= 0.6 is 11.8 Å². The van der Waals surface area contributed by atoms with Gasteiger partial charge in [0.25, 0.3) is 0 Å². The molecule has 6 nitrogen and oxygen atoms in total. The largest absolute Gasteiger partial charge is 0.481 e. The Morgan fingerprint density at radius 2 is 2.00 bits per heavy atom. The van der Waals surface area contributed by atoms with Crippen LogP contribution in [0.3, 0.4) is 0 Å². The van der Waals surface area contributed by atoms with E-state index >= 15 is 0 Å². The highest BCUT2D eigenvalue weighted by Gasteiger charge is 2.26. The van der Waals surface area contributed by atoms with Gasteiger partial charge in [-0.15, -0.1) is 11.8 Å². The average Bonchev–Trinajstić information content (AvgIpc) is 2.55. The number of aromatic nitrogens is 1. The predicted octanol–water partition coefficient (Wildman–Crippen LogP) is 3.47. The van der Waals surface area contributed by atoms with Crippen LogP contribution in [0.5, 0.6) is 0 Å². The smallest absolute Gasteiger partial charge is 0.326 e. The number of nitrogens with zero attached hydrogens (tertiary/aromatic N) is 2. The minimum absolute atomic E-state index is 0.0326. The minimum atomic E-state index is -0.877. The molecule has 0 saturated heterocycles. The number of nitrogens with one attached hydrogen (secondary N) is 1. The van der Waals surface area contributed by atoms with Gasteiger partial charge in [0.2, 0.25) is 0 Å². The second kappa shape index (κ2) is 7.14. The SMILES string of the molecule is Cc1cc(C)c2c(n1)SCCN2C(=O)Nc1ccc(CC(=O)O)cc1. The van der Waals surface area contributed by atoms with E-state index in [1.165, 1.54) is 0 Å². The molecule has 2 amide bonds. The van der Waals surface area contributed by atoms with Crippen molar-refractivity contribution in [2.24, 2.45) is 0 Å². The van der Waals surface area contributed by atoms with Crippen molar-refractivity contribution in [3.63, 3.8) is 0 Å². The standard InChI is InChI=1S/C18H19N3O3S/c1-11-9-12(2)19-17-16(11)21(7-8-25-17)18(24)20-14-5-3-13(4-6-14)10-15(22)23/h3-6,9H,7-8,10H2,1-2H3,(H,20,24)(H,22,23). The summed E-state index contributed by atoms with van der Waals surface area (Å²) >= 11 is 1.66. The number of hydrogen-bond acceptors (Lipinski definition) is 4. The first-order valence-corrected chi connectivity index (χ1v) is 8.93. The van der Waals surface area contributed by atoms with E-state index in [4.69, 9.17) is 5.11 Å². The third kappa shape index (κ3) is 3.93. The Labute approximate surface area is 150 Å². The number of thioether (sulfide) groups is 1. The van der Waals surface area contributed by atoms with Crippen molar-refractivity contribution >= 4 is 35.1 Å². The molecule has 0 unspecified atom stereocenters. The molecule has 0 fully saturated rings. The number of benzene rings is 1. The van der Waals surface area contributed by atoms with Gasteiger partial charge in [-0.2, -0.15) is 0 Å². The fourth-order valence-corrected chi connectivity index (χ4v) is 3.93. The van der Waals surface area contributed by atoms with Crippen molar-refractivity contribution in [2.75, 3.05) is 22.5 Å². The Hall–Kier alpha value is -2.54. The summed E-state index contributed by atoms with van der Waals surface area (Å²) in [5, 5.41) is 12.6. The number of pyridine rings is 1. The molecular formula is C18H19N3O3S. The van der Waals surface area contributed by atoms with Gasteiger partial charge in [-0.05, 0) is 43.2 Å². The number of aryl methyl sites for hydroxylation is 2. The number of aliphatic carboxylic acids is 1. The van der Waals surface area contributed by atoms with Gasteiger partial charge < -0.3 is 10.4 Å². The summed E-state index contributed by atoms with van der Waals surface area (Å²) in [6.45, 7) is 4.55. The molecule has 7 heteroatoms. The van der Waals surface area contributed by atoms with Crippen LogP contribution in [0.1, 0.15) is 16.8 Å². The lowest BCUT2D eigenvalue weighted by Crippen LogP contribution is -2.39. The van der Waals surface area contributed by atoms with Gasteiger partial charge >= 0.3 is 12.0 Å². The minimum Gasteiger partial charge on any atom is -0.481 e. The van der Waals surface area contributed by atoms with E-state index in [2.05, 4.69) is 10.3 Å². The molecule has 0 aliphatic carbocycles. The number of hydrogen-bond donors (Lipinski definition) is 2. The van der Waals surface area contributed by atoms with E-state index < -0.39 is 5.97 Å². The maximum atomic E-state index is 12.7. The first-order valence-electron chi connectivity index (χ1n) is 7.94. The number of carboxylic acid groups (broad SMARTS) is 1. The normalized spacial score (nSPS) is 13.3. The van der Waals surface area contributed by atoms with Crippen LogP contribution in [0.15, 0.2) is 35.4 Å². The molecule has 1 aliphatic rings. The van der Waals surface area contributed by atoms with E-state index in [0.29, 0.717) is 17.8 Å². The van der Waals surface area contributed by atoms with Gasteiger partial charge in [0, 0.05) is 23.7 Å². The van der Waals surface area contributed by atoms with Gasteiger partial charge in [0.1, 0.15) is 5.03 Å². The monoisotopic (exact) mass is 357 g/mol. The van der Waals surface area contributed by atoms with Crippen molar-refractivity contribution in [1.29, 1.82) is 0 Å². The molecule has 1 aliphatic heterocycles. The summed E-state index contributed by atoms with van der Waals surface area (Å²) in [6.07, 6.45) is -0.0326. The van der Waals surface area contributed by atoms with E-state index in [1.54, 1.807) is 40.9 Å². The first-order chi connectivity index (χ1) is 11.9. The molecule has 130 valence electrons. The molecule has 1 aromatic heterocycles. The third-order valence-electron chi connectivity index (χ3n) is 3.91. The van der Waals surface area contributed by atoms with E-state index in [-0.39, 0.29) is 12.5 Å². The summed E-state index contributed by atoms with van der Waals surface area (Å²) in [5.74, 6) is -0.0779. The zero-order chi connectivity index (χ0) is 18.0. The van der Waals surface area contributed by atoms with Crippen molar-refractivity contribution in [1.82, 2.24) is 4.98 Å². The summed E-state index contributed by atoms with van der Waals surface area (Å²) in [5.41, 5.74) is 4.17. The summed E-state index contributed by atoms with van der Waals surface area (Å²) in [6, 6.07) is 8.62. The van der Waals surface area contributed by atoms with Crippen molar-refractivity contribution in [3.8, 4) is 0 Å². The lowest BCUT2D eigenvalue weighted by Gasteiger charge is -2.30. The van der Waals surface area contributed by atoms with Crippen LogP contribution in [0.2, 0.25) is 0 Å². The number of carbonyl (C=O) groups is 2. The number of rotatable bonds is 3. The van der Waals surface area contributed by atoms with Crippen LogP contribution in [0.25, 0.3) is 0 Å². The Balaban J connectivity index is 1.78. The molecule has 1 aromatic carbocycles. The van der Waals surface area contributed by atoms with E-state index in [1.807, 2.05) is 19.9 Å². The topological polar surface area (TPSA) is 82.5 Å². The quantitative estimate of drug-likeness (QED) is 0.879. The first kappa shape index (κ1) is 17.3. The van der Waals surface area contributed by atoms with Gasteiger partial charge in [-0.3, -0.25) is 9.69 Å². The molecule has 0 bridgehead atoms. The fraction of sp³-hybridized carbons (Fsp3) is 0.278. The molecule has 0 saturated carbocycles. The summed E-state index contributed by atoms with van der Waals surface area (Å²) in [7, 11) is 0. The van der Waals surface area contributed by atoms with Crippen molar-refractivity contribution < 1.29 is 14.7 Å². The highest BCUT2D eigenvalue weighted by Crippen LogP contribution is 2.36. The maximum absolute atomic E-state index is 12.7. The highest BCUT2D eigenvalue weighted by molar-refractivity contribution is 7.99. The van der Waals surface area contributed by atoms with Crippen molar-refractivity contribution in [3.05, 3.63) is 47.2 Å². The molecule has 3 rings (SSSR count). The van der Waals surface area contributed by atoms with Crippen LogP contribution in [0, 0.1) is 13.8 Å². The Kier molecular flexibility index (Phi) is 4.94. The third-order valence-corrected chi connectivity index (χ3v) is 4.85. The zero-order valence-electron chi connectivity index (χ0n) is 14.1. The highest BCUT2D eigenvalue weighted by atomic mass is 32.2. The number of anilines is 2. The van der Waals surface area contributed by atoms with Crippen LogP contribution in [0.4, 0.5) is 16.2 Å². The van der Waals surface area contributed by atoms with Gasteiger partial charge in [-0.25, -0.2) is 9.78 Å². The van der Waals surface area contributed by atoms with Gasteiger partial charge in [0.05, 0.1) is 12.1 Å². The molecule has 2 N–H and O–H groups in total. The van der Waals surface area contributed by atoms with Crippen LogP contribution in [-0.4, -0.2) is 34.4 Å². The second-order valence-electron chi connectivity index (χ2n) is 5.93. The van der Waals surface area contributed by atoms with E-state index in [0.717, 1.165) is 27.7 Å². The maximum Gasteiger partial charge on any atom is 0.326 e. The molecule has 0 atom stereocenters. The fourth-order valence-electron chi connectivity index (χ4n) is 2.84. The lowest BCUT2D eigenvalue weighted by atomic mass is 10.1. The zero-order valence-corrected chi connectivity index (χ0v) is 14.9. The Bertz CT molecular complexity index is 821. The van der Waals surface area contributed by atoms with Crippen LogP contribution < -0.4 is 10.2 Å². The number of urea groups is 1. The van der Waals surface area contributed by atoms with Gasteiger partial charge in [0.15, 0.2) is 0 Å². The van der Waals surface area contributed by atoms with Crippen molar-refractivity contribution in [2.45, 2.75) is 25.3 Å². The number of fused-ring (bicyclic) bond motifs is 1. The molecule has 0 spiro atoms. The lowest BCUT2D eigenvalue weighted by molar-refractivity contribution is -0.136. The Morgan fingerprint density at radius 1 is 1.28 bits per heavy atom. The molecule has 2 aromatic rings. The van der Waals surface area contributed by atoms with Gasteiger partial charge in [-0.1, -0.05) is 12.1 Å². The number of carboxylic acids is 1. The van der Waals surface area contributed by atoms with E-state index in [9.17, 15) is 9.59 Å². The molecule has 2 heterocycles. The second-order valence-corrected chi connectivity index (χ2v) is 7.02. The molecule has 0 radical (unpaired) electrons. The van der Waals surface area contributed by atoms with Crippen LogP contribution in [-0.2, 0) is 11.2 Å². The molecular weight excluding hydrogens is 338 g/mol. The summed E-state index contributed by atoms with van der Waals surface area (Å²) < 4.78 is 0. The molecule has 25 heavy (non-hydrogen) atoms. The number of amides is 2. The predicted molar refractivity (Wildman–Crippen MR) is 98.6 cm³/mol. The number of carbonyl (C=O) groups excluding carboxylic acids is 1. The summed E-state index contributed by atoms with van der Waals surface area (Å²) in [4.78, 5) is 29.7. The Morgan fingerprint density at radius 3 is 2.68 bits per heavy atom. The average molecular weight is 357 g/mol.